The van der Waals surface area contributed by atoms with Crippen LogP contribution in [0.2, 0.25) is 0 Å². The van der Waals surface area contributed by atoms with E-state index in [1.54, 1.807) is 19.2 Å². The van der Waals surface area contributed by atoms with Crippen LogP contribution in [0, 0.1) is 0 Å². The fourth-order valence-electron chi connectivity index (χ4n) is 1.31. The largest absolute Gasteiger partial charge is 0.497 e. The highest BCUT2D eigenvalue weighted by Crippen LogP contribution is 2.14. The first-order chi connectivity index (χ1) is 8.10. The van der Waals surface area contributed by atoms with Gasteiger partial charge in [-0.1, -0.05) is 0 Å². The van der Waals surface area contributed by atoms with E-state index < -0.39 is 10.0 Å². The molecule has 0 heterocycles. The average Bonchev–Trinajstić information content (AvgIpc) is 2.35. The number of sulfonamides is 1. The van der Waals surface area contributed by atoms with Crippen molar-refractivity contribution in [3.63, 3.8) is 0 Å². The number of nitrogens with one attached hydrogen (secondary N) is 2. The zero-order valence-electron chi connectivity index (χ0n) is 10.1. The smallest absolute Gasteiger partial charge is 0.240 e. The lowest BCUT2D eigenvalue weighted by atomic mass is 10.3. The second-order valence-electron chi connectivity index (χ2n) is 3.53. The fourth-order valence-corrected chi connectivity index (χ4v) is 2.38. The maximum Gasteiger partial charge on any atom is 0.240 e. The summed E-state index contributed by atoms with van der Waals surface area (Å²) in [6.45, 7) is 1.21. The molecule has 0 spiro atoms. The highest BCUT2D eigenvalue weighted by Gasteiger charge is 2.12. The molecule has 5 nitrogen and oxygen atoms in total. The van der Waals surface area contributed by atoms with Crippen LogP contribution in [0.3, 0.4) is 0 Å². The molecule has 0 bridgehead atoms. The molecule has 0 fully saturated rings. The van der Waals surface area contributed by atoms with Crippen LogP contribution >= 0.6 is 0 Å². The maximum absolute atomic E-state index is 11.8. The van der Waals surface area contributed by atoms with Crippen LogP contribution in [-0.2, 0) is 10.0 Å². The van der Waals surface area contributed by atoms with E-state index in [-0.39, 0.29) is 4.90 Å². The van der Waals surface area contributed by atoms with Crippen molar-refractivity contribution in [2.75, 3.05) is 27.2 Å². The van der Waals surface area contributed by atoms with E-state index >= 15 is 0 Å². The van der Waals surface area contributed by atoms with Gasteiger partial charge in [0.1, 0.15) is 5.75 Å². The molecule has 0 aliphatic rings. The maximum atomic E-state index is 11.8. The molecule has 0 saturated heterocycles. The second-order valence-corrected chi connectivity index (χ2v) is 5.30. The van der Waals surface area contributed by atoms with Gasteiger partial charge < -0.3 is 10.1 Å². The summed E-state index contributed by atoms with van der Waals surface area (Å²) >= 11 is 0. The van der Waals surface area contributed by atoms with Crippen molar-refractivity contribution in [1.82, 2.24) is 10.0 Å². The predicted octanol–water partition coefficient (Wildman–Crippen LogP) is 0.583. The Morgan fingerprint density at radius 2 is 1.82 bits per heavy atom. The van der Waals surface area contributed by atoms with Gasteiger partial charge in [-0.05, 0) is 44.3 Å². The Balaban J connectivity index is 2.62. The third-order valence-corrected chi connectivity index (χ3v) is 3.74. The van der Waals surface area contributed by atoms with Gasteiger partial charge in [0.2, 0.25) is 10.0 Å². The van der Waals surface area contributed by atoms with Crippen molar-refractivity contribution in [1.29, 1.82) is 0 Å². The van der Waals surface area contributed by atoms with E-state index in [2.05, 4.69) is 10.0 Å². The summed E-state index contributed by atoms with van der Waals surface area (Å²) in [5.41, 5.74) is 0. The van der Waals surface area contributed by atoms with Gasteiger partial charge in [0, 0.05) is 6.54 Å². The van der Waals surface area contributed by atoms with Crippen molar-refractivity contribution < 1.29 is 13.2 Å². The van der Waals surface area contributed by atoms with Crippen LogP contribution in [0.25, 0.3) is 0 Å². The second kappa shape index (κ2) is 6.58. The lowest BCUT2D eigenvalue weighted by molar-refractivity contribution is 0.414. The SMILES string of the molecule is CNCCCNS(=O)(=O)c1ccc(OC)cc1. The number of hydrogen-bond acceptors (Lipinski definition) is 4. The zero-order chi connectivity index (χ0) is 12.7. The first kappa shape index (κ1) is 14.0. The fraction of sp³-hybridized carbons (Fsp3) is 0.455. The van der Waals surface area contributed by atoms with Gasteiger partial charge in [0.15, 0.2) is 0 Å². The van der Waals surface area contributed by atoms with Crippen LogP contribution in [0.4, 0.5) is 0 Å². The van der Waals surface area contributed by atoms with Crippen molar-refractivity contribution in [3.8, 4) is 5.75 Å². The molecule has 0 radical (unpaired) electrons. The molecule has 0 aliphatic heterocycles. The summed E-state index contributed by atoms with van der Waals surface area (Å²) in [6, 6.07) is 6.31. The molecule has 17 heavy (non-hydrogen) atoms. The quantitative estimate of drug-likeness (QED) is 0.702. The van der Waals surface area contributed by atoms with Gasteiger partial charge in [-0.25, -0.2) is 13.1 Å². The minimum absolute atomic E-state index is 0.253. The molecule has 0 atom stereocenters. The molecule has 0 amide bonds. The first-order valence-electron chi connectivity index (χ1n) is 5.38. The minimum atomic E-state index is -3.40. The molecule has 96 valence electrons. The standard InChI is InChI=1S/C11H18N2O3S/c1-12-8-3-9-13-17(14,15)11-6-4-10(16-2)5-7-11/h4-7,12-13H,3,8-9H2,1-2H3. The normalized spacial score (nSPS) is 11.4. The molecule has 0 aliphatic carbocycles. The number of benzene rings is 1. The summed E-state index contributed by atoms with van der Waals surface area (Å²) < 4.78 is 31.2. The molecular formula is C11H18N2O3S. The van der Waals surface area contributed by atoms with Gasteiger partial charge in [-0.15, -0.1) is 0 Å². The Bertz CT molecular complexity index is 429. The molecule has 0 aromatic heterocycles. The molecular weight excluding hydrogens is 240 g/mol. The summed E-state index contributed by atoms with van der Waals surface area (Å²) in [4.78, 5) is 0.253. The number of hydrogen-bond donors (Lipinski definition) is 2. The highest BCUT2D eigenvalue weighted by atomic mass is 32.2. The predicted molar refractivity (Wildman–Crippen MR) is 66.7 cm³/mol. The van der Waals surface area contributed by atoms with Crippen molar-refractivity contribution in [3.05, 3.63) is 24.3 Å². The molecule has 1 rings (SSSR count). The Kier molecular flexibility index (Phi) is 5.40. The number of ether oxygens (including phenoxy) is 1. The van der Waals surface area contributed by atoms with Crippen molar-refractivity contribution >= 4 is 10.0 Å². The highest BCUT2D eigenvalue weighted by molar-refractivity contribution is 7.89. The molecule has 1 aromatic rings. The Morgan fingerprint density at radius 1 is 1.18 bits per heavy atom. The Morgan fingerprint density at radius 3 is 2.35 bits per heavy atom. The van der Waals surface area contributed by atoms with Crippen LogP contribution in [0.5, 0.6) is 5.75 Å². The third kappa shape index (κ3) is 4.33. The average molecular weight is 258 g/mol. The van der Waals surface area contributed by atoms with E-state index in [1.807, 2.05) is 7.05 Å². The van der Waals surface area contributed by atoms with E-state index in [9.17, 15) is 8.42 Å². The molecule has 0 saturated carbocycles. The van der Waals surface area contributed by atoms with E-state index in [0.717, 1.165) is 13.0 Å². The van der Waals surface area contributed by atoms with Crippen molar-refractivity contribution in [2.45, 2.75) is 11.3 Å². The van der Waals surface area contributed by atoms with E-state index in [0.29, 0.717) is 12.3 Å². The van der Waals surface area contributed by atoms with Crippen LogP contribution in [0.1, 0.15) is 6.42 Å². The third-order valence-electron chi connectivity index (χ3n) is 2.27. The van der Waals surface area contributed by atoms with Crippen molar-refractivity contribution in [2.24, 2.45) is 0 Å². The van der Waals surface area contributed by atoms with Gasteiger partial charge >= 0.3 is 0 Å². The van der Waals surface area contributed by atoms with Gasteiger partial charge in [0.25, 0.3) is 0 Å². The first-order valence-corrected chi connectivity index (χ1v) is 6.87. The van der Waals surface area contributed by atoms with Gasteiger partial charge in [0.05, 0.1) is 12.0 Å². The monoisotopic (exact) mass is 258 g/mol. The van der Waals surface area contributed by atoms with E-state index in [4.69, 9.17) is 4.74 Å². The van der Waals surface area contributed by atoms with E-state index in [1.165, 1.54) is 12.1 Å². The lowest BCUT2D eigenvalue weighted by Gasteiger charge is -2.07. The summed E-state index contributed by atoms with van der Waals surface area (Å²) in [5.74, 6) is 0.638. The van der Waals surface area contributed by atoms with Gasteiger partial charge in [-0.2, -0.15) is 0 Å². The summed E-state index contributed by atoms with van der Waals surface area (Å²) in [5, 5.41) is 2.96. The summed E-state index contributed by atoms with van der Waals surface area (Å²) in [7, 11) is -0.0266. The molecule has 0 unspecified atom stereocenters. The molecule has 1 aromatic carbocycles. The van der Waals surface area contributed by atoms with Crippen LogP contribution in [0.15, 0.2) is 29.2 Å². The zero-order valence-corrected chi connectivity index (χ0v) is 10.9. The topological polar surface area (TPSA) is 67.4 Å². The molecule has 6 heteroatoms. The van der Waals surface area contributed by atoms with Crippen LogP contribution < -0.4 is 14.8 Å². The Hall–Kier alpha value is -1.11. The van der Waals surface area contributed by atoms with Gasteiger partial charge in [-0.3, -0.25) is 0 Å². The number of rotatable bonds is 7. The summed E-state index contributed by atoms with van der Waals surface area (Å²) in [6.07, 6.45) is 0.756. The minimum Gasteiger partial charge on any atom is -0.497 e. The number of methoxy groups -OCH3 is 1. The molecule has 2 N–H and O–H groups in total. The van der Waals surface area contributed by atoms with Crippen LogP contribution in [-0.4, -0.2) is 35.7 Å². The lowest BCUT2D eigenvalue weighted by Crippen LogP contribution is -2.26. The Labute approximate surface area is 102 Å².